The first-order chi connectivity index (χ1) is 11.9. The van der Waals surface area contributed by atoms with E-state index in [0.717, 1.165) is 28.4 Å². The van der Waals surface area contributed by atoms with Gasteiger partial charge in [-0.25, -0.2) is 4.98 Å². The average Bonchev–Trinajstić information content (AvgIpc) is 3.31. The van der Waals surface area contributed by atoms with Gasteiger partial charge in [0.2, 0.25) is 5.16 Å². The lowest BCUT2D eigenvalue weighted by Crippen LogP contribution is -1.81. The molecule has 2 aromatic heterocycles. The molecule has 0 saturated carbocycles. The average molecular weight is 334 g/mol. The summed E-state index contributed by atoms with van der Waals surface area (Å²) in [6.07, 6.45) is 0. The van der Waals surface area contributed by atoms with E-state index in [1.54, 1.807) is 0 Å². The summed E-state index contributed by atoms with van der Waals surface area (Å²) in [5.41, 5.74) is 2.90. The third-order valence-electron chi connectivity index (χ3n) is 3.48. The van der Waals surface area contributed by atoms with Gasteiger partial charge in [0.1, 0.15) is 0 Å². The Kier molecular flexibility index (Phi) is 4.12. The molecule has 0 bridgehead atoms. The summed E-state index contributed by atoms with van der Waals surface area (Å²) < 4.78 is 5.40. The number of hydrogen-bond donors (Lipinski definition) is 1. The van der Waals surface area contributed by atoms with Crippen molar-refractivity contribution >= 4 is 11.8 Å². The minimum absolute atomic E-state index is 0.655. The number of nitrogens with zero attached hydrogens (tertiary/aromatic N) is 3. The van der Waals surface area contributed by atoms with Gasteiger partial charge in [-0.05, 0) is 0 Å². The number of benzene rings is 2. The normalized spacial score (nSPS) is 10.8. The first-order valence-electron chi connectivity index (χ1n) is 7.50. The molecule has 6 heteroatoms. The molecule has 24 heavy (non-hydrogen) atoms. The number of aromatic nitrogens is 4. The molecule has 118 valence electrons. The molecule has 4 aromatic rings. The second kappa shape index (κ2) is 6.72. The fourth-order valence-corrected chi connectivity index (χ4v) is 2.97. The van der Waals surface area contributed by atoms with Gasteiger partial charge in [0.15, 0.2) is 11.6 Å². The highest BCUT2D eigenvalue weighted by Crippen LogP contribution is 2.25. The van der Waals surface area contributed by atoms with Gasteiger partial charge in [-0.2, -0.15) is 0 Å². The maximum Gasteiger partial charge on any atom is 0.209 e. The fourth-order valence-electron chi connectivity index (χ4n) is 2.29. The van der Waals surface area contributed by atoms with Gasteiger partial charge in [0.05, 0.1) is 5.69 Å². The Bertz CT molecular complexity index is 841. The Hall–Kier alpha value is -2.86. The van der Waals surface area contributed by atoms with E-state index in [0.29, 0.717) is 10.9 Å². The number of H-pyrrole nitrogens is 1. The maximum absolute atomic E-state index is 5.40. The third-order valence-corrected chi connectivity index (χ3v) is 4.36. The molecule has 0 amide bonds. The molecule has 0 saturated heterocycles. The molecule has 1 N–H and O–H groups in total. The molecule has 0 aliphatic rings. The summed E-state index contributed by atoms with van der Waals surface area (Å²) >= 11 is 1.52. The monoisotopic (exact) mass is 334 g/mol. The van der Waals surface area contributed by atoms with Crippen molar-refractivity contribution in [3.63, 3.8) is 0 Å². The van der Waals surface area contributed by atoms with E-state index in [2.05, 4.69) is 20.3 Å². The van der Waals surface area contributed by atoms with Crippen LogP contribution in [0, 0.1) is 0 Å². The molecule has 0 aliphatic carbocycles. The van der Waals surface area contributed by atoms with Crippen LogP contribution in [0.5, 0.6) is 0 Å². The molecule has 0 atom stereocenters. The van der Waals surface area contributed by atoms with Crippen molar-refractivity contribution in [2.24, 2.45) is 0 Å². The number of nitrogens with one attached hydrogen (secondary N) is 1. The summed E-state index contributed by atoms with van der Waals surface area (Å²) in [6, 6.07) is 21.8. The second-order valence-corrected chi connectivity index (χ2v) is 6.11. The van der Waals surface area contributed by atoms with Gasteiger partial charge in [-0.1, -0.05) is 77.6 Å². The Labute approximate surface area is 143 Å². The fraction of sp³-hybridized carbons (Fsp3) is 0.0556. The van der Waals surface area contributed by atoms with Crippen LogP contribution in [0.15, 0.2) is 76.4 Å². The smallest absolute Gasteiger partial charge is 0.209 e. The standard InChI is InChI=1S/C18H14N4OS/c1-3-7-13(8-4-1)16-11-15(22-23-16)12-24-18-19-17(20-21-18)14-9-5-2-6-10-14/h1-11H,12H2,(H,19,20,21). The predicted octanol–water partition coefficient (Wildman–Crippen LogP) is 4.42. The van der Waals surface area contributed by atoms with Crippen molar-refractivity contribution in [2.75, 3.05) is 0 Å². The highest BCUT2D eigenvalue weighted by atomic mass is 32.2. The van der Waals surface area contributed by atoms with E-state index in [-0.39, 0.29) is 0 Å². The minimum atomic E-state index is 0.655. The SMILES string of the molecule is c1ccc(-c2nc(SCc3cc(-c4ccccc4)on3)n[nH]2)cc1. The lowest BCUT2D eigenvalue weighted by molar-refractivity contribution is 0.426. The first-order valence-corrected chi connectivity index (χ1v) is 8.49. The molecular weight excluding hydrogens is 320 g/mol. The maximum atomic E-state index is 5.40. The molecule has 0 aliphatic heterocycles. The Morgan fingerprint density at radius 2 is 1.62 bits per heavy atom. The topological polar surface area (TPSA) is 67.6 Å². The predicted molar refractivity (Wildman–Crippen MR) is 93.3 cm³/mol. The minimum Gasteiger partial charge on any atom is -0.356 e. The largest absolute Gasteiger partial charge is 0.356 e. The summed E-state index contributed by atoms with van der Waals surface area (Å²) in [4.78, 5) is 4.50. The van der Waals surface area contributed by atoms with Crippen molar-refractivity contribution in [1.29, 1.82) is 0 Å². The van der Waals surface area contributed by atoms with Crippen molar-refractivity contribution in [1.82, 2.24) is 20.3 Å². The quantitative estimate of drug-likeness (QED) is 0.547. The van der Waals surface area contributed by atoms with E-state index < -0.39 is 0 Å². The van der Waals surface area contributed by atoms with Crippen LogP contribution in [0.3, 0.4) is 0 Å². The molecular formula is C18H14N4OS. The molecule has 0 unspecified atom stereocenters. The van der Waals surface area contributed by atoms with Crippen LogP contribution < -0.4 is 0 Å². The van der Waals surface area contributed by atoms with E-state index >= 15 is 0 Å². The number of hydrogen-bond acceptors (Lipinski definition) is 5. The first kappa shape index (κ1) is 14.7. The Morgan fingerprint density at radius 3 is 2.38 bits per heavy atom. The molecule has 2 heterocycles. The van der Waals surface area contributed by atoms with E-state index in [1.807, 2.05) is 66.7 Å². The van der Waals surface area contributed by atoms with Gasteiger partial charge in [0.25, 0.3) is 0 Å². The highest BCUT2D eigenvalue weighted by Gasteiger charge is 2.10. The Morgan fingerprint density at radius 1 is 0.917 bits per heavy atom. The van der Waals surface area contributed by atoms with E-state index in [1.165, 1.54) is 11.8 Å². The molecule has 5 nitrogen and oxygen atoms in total. The van der Waals surface area contributed by atoms with Crippen molar-refractivity contribution in [3.8, 4) is 22.7 Å². The zero-order valence-electron chi connectivity index (χ0n) is 12.7. The summed E-state index contributed by atoms with van der Waals surface area (Å²) in [6.45, 7) is 0. The second-order valence-electron chi connectivity index (χ2n) is 5.17. The number of aromatic amines is 1. The van der Waals surface area contributed by atoms with Crippen LogP contribution in [0.2, 0.25) is 0 Å². The van der Waals surface area contributed by atoms with E-state index in [9.17, 15) is 0 Å². The summed E-state index contributed by atoms with van der Waals surface area (Å²) in [5.74, 6) is 2.19. The van der Waals surface area contributed by atoms with Crippen LogP contribution in [0.4, 0.5) is 0 Å². The van der Waals surface area contributed by atoms with Gasteiger partial charge in [-0.15, -0.1) is 5.10 Å². The molecule has 0 fully saturated rings. The van der Waals surface area contributed by atoms with Gasteiger partial charge >= 0.3 is 0 Å². The van der Waals surface area contributed by atoms with E-state index in [4.69, 9.17) is 4.52 Å². The van der Waals surface area contributed by atoms with Gasteiger partial charge < -0.3 is 4.52 Å². The lowest BCUT2D eigenvalue weighted by Gasteiger charge is -1.93. The summed E-state index contributed by atoms with van der Waals surface area (Å²) in [7, 11) is 0. The van der Waals surface area contributed by atoms with Crippen LogP contribution in [0.1, 0.15) is 5.69 Å². The van der Waals surface area contributed by atoms with Crippen LogP contribution in [-0.2, 0) is 5.75 Å². The lowest BCUT2D eigenvalue weighted by atomic mass is 10.2. The third kappa shape index (κ3) is 3.23. The van der Waals surface area contributed by atoms with Gasteiger partial charge in [0, 0.05) is 22.9 Å². The van der Waals surface area contributed by atoms with Crippen LogP contribution in [-0.4, -0.2) is 20.3 Å². The molecule has 0 radical (unpaired) electrons. The van der Waals surface area contributed by atoms with Gasteiger partial charge in [-0.3, -0.25) is 5.10 Å². The van der Waals surface area contributed by atoms with Crippen LogP contribution >= 0.6 is 11.8 Å². The van der Waals surface area contributed by atoms with Crippen molar-refractivity contribution in [2.45, 2.75) is 10.9 Å². The highest BCUT2D eigenvalue weighted by molar-refractivity contribution is 7.98. The van der Waals surface area contributed by atoms with Crippen molar-refractivity contribution in [3.05, 3.63) is 72.4 Å². The zero-order chi connectivity index (χ0) is 16.2. The number of rotatable bonds is 5. The summed E-state index contributed by atoms with van der Waals surface area (Å²) in [5, 5.41) is 12.0. The van der Waals surface area contributed by atoms with Crippen LogP contribution in [0.25, 0.3) is 22.7 Å². The van der Waals surface area contributed by atoms with Crippen molar-refractivity contribution < 1.29 is 4.52 Å². The molecule has 4 rings (SSSR count). The molecule has 0 spiro atoms. The number of thioether (sulfide) groups is 1. The zero-order valence-corrected chi connectivity index (χ0v) is 13.5. The Balaban J connectivity index is 1.43. The molecule has 2 aromatic carbocycles.